The first-order valence-corrected chi connectivity index (χ1v) is 10.0. The lowest BCUT2D eigenvalue weighted by Gasteiger charge is -2.19. The number of benzene rings is 2. The number of carboxylic acids is 1. The van der Waals surface area contributed by atoms with Crippen LogP contribution in [-0.2, 0) is 14.8 Å². The van der Waals surface area contributed by atoms with Crippen molar-refractivity contribution in [2.24, 2.45) is 0 Å². The second-order valence-electron chi connectivity index (χ2n) is 6.04. The van der Waals surface area contributed by atoms with E-state index < -0.39 is 16.0 Å². The molecule has 1 unspecified atom stereocenters. The van der Waals surface area contributed by atoms with Gasteiger partial charge in [0.2, 0.25) is 10.0 Å². The smallest absolute Gasteiger partial charge is 0.335 e. The molecule has 3 N–H and O–H groups in total. The third-order valence-corrected chi connectivity index (χ3v) is 5.51. The Hall–Kier alpha value is -2.42. The quantitative estimate of drug-likeness (QED) is 0.537. The van der Waals surface area contributed by atoms with Crippen LogP contribution in [0.5, 0.6) is 0 Å². The third-order valence-electron chi connectivity index (χ3n) is 4.01. The van der Waals surface area contributed by atoms with Crippen molar-refractivity contribution < 1.29 is 23.1 Å². The first-order chi connectivity index (χ1) is 12.8. The second kappa shape index (κ2) is 9.50. The molecule has 0 fully saturated rings. The minimum atomic E-state index is -3.89. The molecular weight excluding hydrogens is 368 g/mol. The minimum absolute atomic E-state index is 0.0924. The summed E-state index contributed by atoms with van der Waals surface area (Å²) in [5.74, 6) is -1.19. The van der Waals surface area contributed by atoms with Crippen LogP contribution in [0.1, 0.15) is 35.3 Å². The molecule has 2 aromatic carbocycles. The maximum absolute atomic E-state index is 12.7. The number of anilines is 1. The predicted octanol–water partition coefficient (Wildman–Crippen LogP) is 2.87. The van der Waals surface area contributed by atoms with Crippen molar-refractivity contribution in [2.75, 3.05) is 25.6 Å². The van der Waals surface area contributed by atoms with E-state index in [1.807, 2.05) is 37.3 Å². The number of hydrogen-bond acceptors (Lipinski definition) is 5. The molecule has 0 amide bonds. The molecule has 0 radical (unpaired) electrons. The Balaban J connectivity index is 2.32. The highest BCUT2D eigenvalue weighted by Gasteiger charge is 2.21. The average molecular weight is 392 g/mol. The van der Waals surface area contributed by atoms with Gasteiger partial charge in [-0.2, -0.15) is 0 Å². The van der Waals surface area contributed by atoms with Gasteiger partial charge in [-0.05, 0) is 37.1 Å². The van der Waals surface area contributed by atoms with Gasteiger partial charge in [-0.3, -0.25) is 0 Å². The standard InChI is InChI=1S/C19H24N2O5S/c1-14(15-7-4-3-5-8-15)21-17-10-9-16(19(22)23)13-18(17)27(24,25)20-11-6-12-26-2/h3-5,7-10,13-14,20-21H,6,11-12H2,1-2H3,(H,22,23). The number of hydrogen-bond donors (Lipinski definition) is 3. The summed E-state index contributed by atoms with van der Waals surface area (Å²) in [5, 5.41) is 12.4. The number of carboxylic acid groups (broad SMARTS) is 1. The molecule has 2 aromatic rings. The van der Waals surface area contributed by atoms with Crippen LogP contribution < -0.4 is 10.0 Å². The number of rotatable bonds is 10. The van der Waals surface area contributed by atoms with Crippen molar-refractivity contribution in [3.63, 3.8) is 0 Å². The van der Waals surface area contributed by atoms with Crippen LogP contribution in [-0.4, -0.2) is 39.8 Å². The van der Waals surface area contributed by atoms with Crippen LogP contribution in [0.4, 0.5) is 5.69 Å². The molecule has 0 saturated heterocycles. The predicted molar refractivity (Wildman–Crippen MR) is 104 cm³/mol. The number of sulfonamides is 1. The van der Waals surface area contributed by atoms with Gasteiger partial charge in [0.15, 0.2) is 0 Å². The number of carbonyl (C=O) groups is 1. The molecule has 146 valence electrons. The van der Waals surface area contributed by atoms with Crippen molar-refractivity contribution in [3.05, 3.63) is 59.7 Å². The Kier molecular flexibility index (Phi) is 7.35. The molecule has 0 aromatic heterocycles. The molecule has 27 heavy (non-hydrogen) atoms. The average Bonchev–Trinajstić information content (AvgIpc) is 2.66. The summed E-state index contributed by atoms with van der Waals surface area (Å²) >= 11 is 0. The molecule has 0 aliphatic heterocycles. The molecule has 2 rings (SSSR count). The van der Waals surface area contributed by atoms with Crippen molar-refractivity contribution >= 4 is 21.7 Å². The summed E-state index contributed by atoms with van der Waals surface area (Å²) in [7, 11) is -2.35. The number of methoxy groups -OCH3 is 1. The SMILES string of the molecule is COCCCNS(=O)(=O)c1cc(C(=O)O)ccc1NC(C)c1ccccc1. The van der Waals surface area contributed by atoms with Crippen LogP contribution in [0.2, 0.25) is 0 Å². The number of aromatic carboxylic acids is 1. The maximum Gasteiger partial charge on any atom is 0.335 e. The normalized spacial score (nSPS) is 12.5. The zero-order valence-electron chi connectivity index (χ0n) is 15.3. The maximum atomic E-state index is 12.7. The van der Waals surface area contributed by atoms with E-state index in [4.69, 9.17) is 4.74 Å². The number of nitrogens with one attached hydrogen (secondary N) is 2. The van der Waals surface area contributed by atoms with E-state index in [1.165, 1.54) is 25.3 Å². The van der Waals surface area contributed by atoms with E-state index in [1.54, 1.807) is 0 Å². The summed E-state index contributed by atoms with van der Waals surface area (Å²) in [4.78, 5) is 11.2. The molecule has 0 saturated carbocycles. The highest BCUT2D eigenvalue weighted by Crippen LogP contribution is 2.27. The van der Waals surface area contributed by atoms with E-state index in [9.17, 15) is 18.3 Å². The summed E-state index contributed by atoms with van der Waals surface area (Å²) in [5.41, 5.74) is 1.23. The molecule has 0 aliphatic rings. The zero-order chi connectivity index (χ0) is 19.9. The van der Waals surface area contributed by atoms with Gasteiger partial charge < -0.3 is 15.2 Å². The lowest BCUT2D eigenvalue weighted by molar-refractivity contribution is 0.0696. The van der Waals surface area contributed by atoms with Crippen LogP contribution in [0.15, 0.2) is 53.4 Å². The largest absolute Gasteiger partial charge is 0.478 e. The summed E-state index contributed by atoms with van der Waals surface area (Å²) in [6, 6.07) is 13.4. The third kappa shape index (κ3) is 5.78. The molecule has 0 bridgehead atoms. The molecule has 7 nitrogen and oxygen atoms in total. The highest BCUT2D eigenvalue weighted by atomic mass is 32.2. The fraction of sp³-hybridized carbons (Fsp3) is 0.316. The molecule has 1 atom stereocenters. The fourth-order valence-electron chi connectivity index (χ4n) is 2.56. The van der Waals surface area contributed by atoms with Gasteiger partial charge in [-0.1, -0.05) is 30.3 Å². The Bertz CT molecular complexity index is 869. The van der Waals surface area contributed by atoms with E-state index in [2.05, 4.69) is 10.0 Å². The van der Waals surface area contributed by atoms with Crippen molar-refractivity contribution in [3.8, 4) is 0 Å². The molecule has 0 heterocycles. The van der Waals surface area contributed by atoms with Crippen molar-refractivity contribution in [2.45, 2.75) is 24.3 Å². The van der Waals surface area contributed by atoms with E-state index >= 15 is 0 Å². The van der Waals surface area contributed by atoms with Crippen LogP contribution in [0.25, 0.3) is 0 Å². The Labute approximate surface area is 159 Å². The van der Waals surface area contributed by atoms with Crippen molar-refractivity contribution in [1.82, 2.24) is 4.72 Å². The monoisotopic (exact) mass is 392 g/mol. The van der Waals surface area contributed by atoms with Gasteiger partial charge >= 0.3 is 5.97 Å². The zero-order valence-corrected chi connectivity index (χ0v) is 16.1. The lowest BCUT2D eigenvalue weighted by atomic mass is 10.1. The Morgan fingerprint density at radius 3 is 2.52 bits per heavy atom. The van der Waals surface area contributed by atoms with E-state index in [0.29, 0.717) is 18.7 Å². The van der Waals surface area contributed by atoms with Gasteiger partial charge in [0.1, 0.15) is 4.90 Å². The van der Waals surface area contributed by atoms with Gasteiger partial charge in [0, 0.05) is 26.3 Å². The molecular formula is C19H24N2O5S. The van der Waals surface area contributed by atoms with Crippen LogP contribution in [0, 0.1) is 0 Å². The highest BCUT2D eigenvalue weighted by molar-refractivity contribution is 7.89. The van der Waals surface area contributed by atoms with Gasteiger partial charge in [-0.15, -0.1) is 0 Å². The fourth-order valence-corrected chi connectivity index (χ4v) is 3.82. The van der Waals surface area contributed by atoms with E-state index in [0.717, 1.165) is 5.56 Å². The molecule has 8 heteroatoms. The first kappa shape index (κ1) is 20.9. The van der Waals surface area contributed by atoms with Crippen molar-refractivity contribution in [1.29, 1.82) is 0 Å². The van der Waals surface area contributed by atoms with Gasteiger partial charge in [0.25, 0.3) is 0 Å². The van der Waals surface area contributed by atoms with Gasteiger partial charge in [-0.25, -0.2) is 17.9 Å². The minimum Gasteiger partial charge on any atom is -0.478 e. The second-order valence-corrected chi connectivity index (χ2v) is 7.77. The van der Waals surface area contributed by atoms with Gasteiger partial charge in [0.05, 0.1) is 11.3 Å². The lowest BCUT2D eigenvalue weighted by Crippen LogP contribution is -2.27. The topological polar surface area (TPSA) is 105 Å². The molecule has 0 aliphatic carbocycles. The molecule has 0 spiro atoms. The summed E-state index contributed by atoms with van der Waals surface area (Å²) in [6.07, 6.45) is 0.511. The first-order valence-electron chi connectivity index (χ1n) is 8.52. The van der Waals surface area contributed by atoms with Crippen LogP contribution in [0.3, 0.4) is 0 Å². The summed E-state index contributed by atoms with van der Waals surface area (Å²) in [6.45, 7) is 2.53. The summed E-state index contributed by atoms with van der Waals surface area (Å²) < 4.78 is 32.9. The number of ether oxygens (including phenoxy) is 1. The van der Waals surface area contributed by atoms with E-state index in [-0.39, 0.29) is 23.0 Å². The Morgan fingerprint density at radius 2 is 1.89 bits per heavy atom. The Morgan fingerprint density at radius 1 is 1.19 bits per heavy atom. The van der Waals surface area contributed by atoms with Crippen LogP contribution >= 0.6 is 0 Å².